The molecule has 1 aliphatic heterocycles. The fourth-order valence-electron chi connectivity index (χ4n) is 2.41. The lowest BCUT2D eigenvalue weighted by atomic mass is 10.1. The fraction of sp³-hybridized carbons (Fsp3) is 0.158. The zero-order chi connectivity index (χ0) is 18.5. The van der Waals surface area contributed by atoms with Crippen molar-refractivity contribution in [3.63, 3.8) is 0 Å². The van der Waals surface area contributed by atoms with Crippen LogP contribution in [0.25, 0.3) is 0 Å². The van der Waals surface area contributed by atoms with E-state index in [0.29, 0.717) is 17.8 Å². The van der Waals surface area contributed by atoms with Crippen molar-refractivity contribution >= 4 is 23.3 Å². The molecule has 7 heteroatoms. The monoisotopic (exact) mass is 347 g/mol. The number of rotatable bonds is 4. The number of aryl methyl sites for hydroxylation is 1. The molecule has 0 atom stereocenters. The van der Waals surface area contributed by atoms with Crippen LogP contribution in [-0.2, 0) is 16.1 Å². The van der Waals surface area contributed by atoms with E-state index in [4.69, 9.17) is 5.26 Å². The summed E-state index contributed by atoms with van der Waals surface area (Å²) in [5.41, 5.74) is 5.92. The summed E-state index contributed by atoms with van der Waals surface area (Å²) in [5, 5.41) is 12.9. The summed E-state index contributed by atoms with van der Waals surface area (Å²) in [6, 6.07) is 16.4. The Balaban J connectivity index is 1.64. The first kappa shape index (κ1) is 17.2. The van der Waals surface area contributed by atoms with Crippen LogP contribution < -0.4 is 15.8 Å². The first-order valence-electron chi connectivity index (χ1n) is 8.05. The van der Waals surface area contributed by atoms with Crippen LogP contribution in [0.5, 0.6) is 0 Å². The lowest BCUT2D eigenvalue weighted by molar-refractivity contribution is -0.118. The zero-order valence-electron chi connectivity index (χ0n) is 14.2. The molecule has 0 spiro atoms. The van der Waals surface area contributed by atoms with Gasteiger partial charge in [0.15, 0.2) is 0 Å². The molecule has 0 unspecified atom stereocenters. The maximum atomic E-state index is 12.3. The van der Waals surface area contributed by atoms with Gasteiger partial charge in [-0.15, -0.1) is 0 Å². The van der Waals surface area contributed by atoms with E-state index in [0.717, 1.165) is 11.1 Å². The third-order valence-corrected chi connectivity index (χ3v) is 3.88. The first-order chi connectivity index (χ1) is 12.6. The Hall–Kier alpha value is -3.66. The minimum absolute atomic E-state index is 0.0822. The summed E-state index contributed by atoms with van der Waals surface area (Å²) in [6.45, 7) is 2.16. The molecule has 3 rings (SSSR count). The van der Waals surface area contributed by atoms with Gasteiger partial charge in [0.25, 0.3) is 11.8 Å². The minimum Gasteiger partial charge on any atom is -0.345 e. The molecule has 0 bridgehead atoms. The van der Waals surface area contributed by atoms with Gasteiger partial charge in [-0.05, 0) is 36.8 Å². The fourth-order valence-corrected chi connectivity index (χ4v) is 2.41. The quantitative estimate of drug-likeness (QED) is 0.874. The molecule has 2 aromatic carbocycles. The van der Waals surface area contributed by atoms with Crippen molar-refractivity contribution in [1.82, 2.24) is 10.7 Å². The van der Waals surface area contributed by atoms with Gasteiger partial charge in [0.2, 0.25) is 5.84 Å². The van der Waals surface area contributed by atoms with Crippen LogP contribution >= 0.6 is 0 Å². The van der Waals surface area contributed by atoms with Gasteiger partial charge in [0.05, 0.1) is 17.3 Å². The van der Waals surface area contributed by atoms with Gasteiger partial charge >= 0.3 is 0 Å². The predicted molar refractivity (Wildman–Crippen MR) is 97.1 cm³/mol. The molecular formula is C19H17N5O2. The highest BCUT2D eigenvalue weighted by Gasteiger charge is 2.25. The van der Waals surface area contributed by atoms with Crippen LogP contribution in [0.4, 0.5) is 5.69 Å². The van der Waals surface area contributed by atoms with Crippen LogP contribution in [0.2, 0.25) is 0 Å². The SMILES string of the molecule is Cc1ccc(N2NC(C(=O)NCc3ccc(C#N)cc3)=NCC2=O)cc1. The second kappa shape index (κ2) is 7.49. The molecule has 1 aliphatic rings. The van der Waals surface area contributed by atoms with Crippen molar-refractivity contribution in [2.75, 3.05) is 11.6 Å². The van der Waals surface area contributed by atoms with E-state index in [-0.39, 0.29) is 18.3 Å². The van der Waals surface area contributed by atoms with Crippen molar-refractivity contribution in [3.8, 4) is 6.07 Å². The number of nitrogens with zero attached hydrogens (tertiary/aromatic N) is 3. The third kappa shape index (κ3) is 3.87. The Labute approximate surface area is 150 Å². The van der Waals surface area contributed by atoms with E-state index in [2.05, 4.69) is 15.7 Å². The van der Waals surface area contributed by atoms with Gasteiger partial charge in [0, 0.05) is 6.54 Å². The van der Waals surface area contributed by atoms with Crippen molar-refractivity contribution < 1.29 is 9.59 Å². The number of nitrogens with one attached hydrogen (secondary N) is 2. The van der Waals surface area contributed by atoms with Gasteiger partial charge in [-0.2, -0.15) is 5.26 Å². The van der Waals surface area contributed by atoms with Crippen LogP contribution in [-0.4, -0.2) is 24.2 Å². The molecule has 0 fully saturated rings. The average molecular weight is 347 g/mol. The standard InChI is InChI=1S/C19H17N5O2/c1-13-2-8-16(9-3-13)24-17(25)12-21-18(23-24)19(26)22-11-15-6-4-14(10-20)5-7-15/h2-9H,11-12H2,1H3,(H,21,23)(H,22,26). The smallest absolute Gasteiger partial charge is 0.288 e. The van der Waals surface area contributed by atoms with E-state index in [1.165, 1.54) is 5.01 Å². The number of hydrazine groups is 1. The van der Waals surface area contributed by atoms with E-state index in [9.17, 15) is 9.59 Å². The number of amides is 2. The summed E-state index contributed by atoms with van der Waals surface area (Å²) in [5.74, 6) is -0.560. The summed E-state index contributed by atoms with van der Waals surface area (Å²) in [6.07, 6.45) is 0. The van der Waals surface area contributed by atoms with E-state index in [1.807, 2.05) is 25.1 Å². The van der Waals surface area contributed by atoms with Gasteiger partial charge < -0.3 is 5.32 Å². The van der Waals surface area contributed by atoms with E-state index < -0.39 is 5.91 Å². The average Bonchev–Trinajstić information content (AvgIpc) is 2.67. The summed E-state index contributed by atoms with van der Waals surface area (Å²) in [4.78, 5) is 28.4. The number of carbonyl (C=O) groups is 2. The Bertz CT molecular complexity index is 895. The Morgan fingerprint density at radius 1 is 1.23 bits per heavy atom. The molecule has 0 saturated carbocycles. The summed E-state index contributed by atoms with van der Waals surface area (Å²) < 4.78 is 0. The van der Waals surface area contributed by atoms with Gasteiger partial charge in [0.1, 0.15) is 6.54 Å². The molecule has 130 valence electrons. The number of hydrogen-bond acceptors (Lipinski definition) is 5. The van der Waals surface area contributed by atoms with Gasteiger partial charge in [-0.3, -0.25) is 20.0 Å². The van der Waals surface area contributed by atoms with Gasteiger partial charge in [-0.1, -0.05) is 29.8 Å². The highest BCUT2D eigenvalue weighted by atomic mass is 16.2. The molecule has 2 amide bonds. The number of aliphatic imine (C=N–C) groups is 1. The molecule has 2 aromatic rings. The third-order valence-electron chi connectivity index (χ3n) is 3.88. The van der Waals surface area contributed by atoms with E-state index >= 15 is 0 Å². The zero-order valence-corrected chi connectivity index (χ0v) is 14.2. The number of nitriles is 1. The summed E-state index contributed by atoms with van der Waals surface area (Å²) in [7, 11) is 0. The van der Waals surface area contributed by atoms with Crippen molar-refractivity contribution in [3.05, 3.63) is 65.2 Å². The topological polar surface area (TPSA) is 97.6 Å². The largest absolute Gasteiger partial charge is 0.345 e. The minimum atomic E-state index is -0.404. The first-order valence-corrected chi connectivity index (χ1v) is 8.05. The van der Waals surface area contributed by atoms with Crippen LogP contribution in [0, 0.1) is 18.3 Å². The molecule has 0 radical (unpaired) electrons. The van der Waals surface area contributed by atoms with Gasteiger partial charge in [-0.25, -0.2) is 5.01 Å². The molecule has 0 aliphatic carbocycles. The maximum Gasteiger partial charge on any atom is 0.288 e. The highest BCUT2D eigenvalue weighted by molar-refractivity contribution is 6.39. The maximum absolute atomic E-state index is 12.3. The molecular weight excluding hydrogens is 330 g/mol. The predicted octanol–water partition coefficient (Wildman–Crippen LogP) is 1.43. The summed E-state index contributed by atoms with van der Waals surface area (Å²) >= 11 is 0. The number of anilines is 1. The Kier molecular flexibility index (Phi) is 4.94. The van der Waals surface area contributed by atoms with E-state index in [1.54, 1.807) is 36.4 Å². The number of amidine groups is 1. The second-order valence-electron chi connectivity index (χ2n) is 5.83. The number of hydrogen-bond donors (Lipinski definition) is 2. The van der Waals surface area contributed by atoms with Crippen LogP contribution in [0.1, 0.15) is 16.7 Å². The number of carbonyl (C=O) groups excluding carboxylic acids is 2. The molecule has 1 heterocycles. The molecule has 7 nitrogen and oxygen atoms in total. The van der Waals surface area contributed by atoms with Crippen molar-refractivity contribution in [2.45, 2.75) is 13.5 Å². The molecule has 0 saturated heterocycles. The number of benzene rings is 2. The Morgan fingerprint density at radius 2 is 1.92 bits per heavy atom. The molecule has 0 aromatic heterocycles. The van der Waals surface area contributed by atoms with Crippen molar-refractivity contribution in [2.24, 2.45) is 4.99 Å². The van der Waals surface area contributed by atoms with Crippen LogP contribution in [0.3, 0.4) is 0 Å². The Morgan fingerprint density at radius 3 is 2.58 bits per heavy atom. The second-order valence-corrected chi connectivity index (χ2v) is 5.83. The van der Waals surface area contributed by atoms with Crippen LogP contribution in [0.15, 0.2) is 53.5 Å². The van der Waals surface area contributed by atoms with Crippen molar-refractivity contribution in [1.29, 1.82) is 5.26 Å². The molecule has 2 N–H and O–H groups in total. The lowest BCUT2D eigenvalue weighted by Gasteiger charge is -2.27. The lowest BCUT2D eigenvalue weighted by Crippen LogP contribution is -2.55. The molecule has 26 heavy (non-hydrogen) atoms. The normalized spacial score (nSPS) is 13.5. The highest BCUT2D eigenvalue weighted by Crippen LogP contribution is 2.15.